The summed E-state index contributed by atoms with van der Waals surface area (Å²) in [7, 11) is 0. The number of aryl methyl sites for hydroxylation is 1. The van der Waals surface area contributed by atoms with Crippen LogP contribution in [0.2, 0.25) is 0 Å². The molecule has 0 radical (unpaired) electrons. The Hall–Kier alpha value is -1.71. The number of hydrogen-bond donors (Lipinski definition) is 0. The number of hydrogen-bond acceptors (Lipinski definition) is 3. The first-order valence-corrected chi connectivity index (χ1v) is 3.82. The summed E-state index contributed by atoms with van der Waals surface area (Å²) in [6.45, 7) is 1.66. The lowest BCUT2D eigenvalue weighted by atomic mass is 10.2. The molecule has 0 saturated carbocycles. The molecule has 1 heterocycles. The van der Waals surface area contributed by atoms with Crippen molar-refractivity contribution < 1.29 is 8.81 Å². The standard InChI is InChI=1S/C9H7FN2O/c1-6-11-12-9(13-6)7-4-2-3-5-8(7)10/h2-5H,1H3. The highest BCUT2D eigenvalue weighted by Crippen LogP contribution is 2.20. The minimum atomic E-state index is -0.355. The predicted octanol–water partition coefficient (Wildman–Crippen LogP) is 2.18. The smallest absolute Gasteiger partial charge is 0.250 e. The van der Waals surface area contributed by atoms with E-state index in [0.717, 1.165) is 0 Å². The van der Waals surface area contributed by atoms with Crippen molar-refractivity contribution in [1.82, 2.24) is 10.2 Å². The van der Waals surface area contributed by atoms with Gasteiger partial charge in [0.25, 0.3) is 5.89 Å². The lowest BCUT2D eigenvalue weighted by Gasteiger charge is -1.94. The zero-order valence-electron chi connectivity index (χ0n) is 6.99. The van der Waals surface area contributed by atoms with E-state index in [1.54, 1.807) is 25.1 Å². The van der Waals surface area contributed by atoms with Crippen molar-refractivity contribution in [2.45, 2.75) is 6.92 Å². The van der Waals surface area contributed by atoms with E-state index >= 15 is 0 Å². The number of aromatic nitrogens is 2. The fourth-order valence-corrected chi connectivity index (χ4v) is 1.04. The fourth-order valence-electron chi connectivity index (χ4n) is 1.04. The van der Waals surface area contributed by atoms with E-state index in [1.807, 2.05) is 0 Å². The van der Waals surface area contributed by atoms with Gasteiger partial charge in [-0.15, -0.1) is 10.2 Å². The van der Waals surface area contributed by atoms with Crippen LogP contribution in [0.3, 0.4) is 0 Å². The van der Waals surface area contributed by atoms with Crippen LogP contribution in [-0.4, -0.2) is 10.2 Å². The lowest BCUT2D eigenvalue weighted by molar-refractivity contribution is 0.526. The first kappa shape index (κ1) is 7.91. The van der Waals surface area contributed by atoms with E-state index < -0.39 is 0 Å². The summed E-state index contributed by atoms with van der Waals surface area (Å²) in [5, 5.41) is 7.34. The quantitative estimate of drug-likeness (QED) is 0.671. The molecule has 4 heteroatoms. The number of halogens is 1. The number of nitrogens with zero attached hydrogens (tertiary/aromatic N) is 2. The molecule has 1 aromatic carbocycles. The topological polar surface area (TPSA) is 38.9 Å². The van der Waals surface area contributed by atoms with Gasteiger partial charge in [0.05, 0.1) is 5.56 Å². The van der Waals surface area contributed by atoms with Gasteiger partial charge in [-0.3, -0.25) is 0 Å². The fraction of sp³-hybridized carbons (Fsp3) is 0.111. The number of rotatable bonds is 1. The van der Waals surface area contributed by atoms with Gasteiger partial charge in [-0.2, -0.15) is 0 Å². The van der Waals surface area contributed by atoms with Crippen LogP contribution in [0.25, 0.3) is 11.5 Å². The Morgan fingerprint density at radius 1 is 1.23 bits per heavy atom. The second-order valence-corrected chi connectivity index (χ2v) is 2.61. The molecule has 0 N–H and O–H groups in total. The van der Waals surface area contributed by atoms with E-state index in [4.69, 9.17) is 4.42 Å². The van der Waals surface area contributed by atoms with Crippen LogP contribution in [-0.2, 0) is 0 Å². The van der Waals surface area contributed by atoms with Gasteiger partial charge in [0, 0.05) is 6.92 Å². The molecular formula is C9H7FN2O. The maximum Gasteiger partial charge on any atom is 0.250 e. The summed E-state index contributed by atoms with van der Waals surface area (Å²) in [6, 6.07) is 6.29. The van der Waals surface area contributed by atoms with Crippen LogP contribution in [0.4, 0.5) is 4.39 Å². The van der Waals surface area contributed by atoms with Gasteiger partial charge in [-0.1, -0.05) is 12.1 Å². The predicted molar refractivity (Wildman–Crippen MR) is 44.4 cm³/mol. The molecule has 13 heavy (non-hydrogen) atoms. The Balaban J connectivity index is 2.52. The van der Waals surface area contributed by atoms with Gasteiger partial charge >= 0.3 is 0 Å². The normalized spacial score (nSPS) is 10.3. The lowest BCUT2D eigenvalue weighted by Crippen LogP contribution is -1.82. The van der Waals surface area contributed by atoms with E-state index in [1.165, 1.54) is 6.07 Å². The molecule has 3 nitrogen and oxygen atoms in total. The second kappa shape index (κ2) is 2.97. The Labute approximate surface area is 74.2 Å². The maximum absolute atomic E-state index is 13.2. The molecule has 2 aromatic rings. The van der Waals surface area contributed by atoms with Crippen molar-refractivity contribution in [3.63, 3.8) is 0 Å². The van der Waals surface area contributed by atoms with Crippen LogP contribution in [0.15, 0.2) is 28.7 Å². The Morgan fingerprint density at radius 2 is 2.00 bits per heavy atom. The van der Waals surface area contributed by atoms with Crippen molar-refractivity contribution in [2.75, 3.05) is 0 Å². The Morgan fingerprint density at radius 3 is 2.62 bits per heavy atom. The van der Waals surface area contributed by atoms with Crippen LogP contribution in [0.1, 0.15) is 5.89 Å². The van der Waals surface area contributed by atoms with Crippen molar-refractivity contribution >= 4 is 0 Å². The minimum Gasteiger partial charge on any atom is -0.421 e. The van der Waals surface area contributed by atoms with Gasteiger partial charge in [0.2, 0.25) is 5.89 Å². The summed E-state index contributed by atoms with van der Waals surface area (Å²) >= 11 is 0. The summed E-state index contributed by atoms with van der Waals surface area (Å²) in [6.07, 6.45) is 0. The van der Waals surface area contributed by atoms with Gasteiger partial charge in [-0.05, 0) is 12.1 Å². The molecule has 1 aromatic heterocycles. The van der Waals surface area contributed by atoms with Crippen LogP contribution in [0.5, 0.6) is 0 Å². The molecule has 0 aliphatic heterocycles. The molecule has 0 amide bonds. The summed E-state index contributed by atoms with van der Waals surface area (Å²) < 4.78 is 18.2. The van der Waals surface area contributed by atoms with Gasteiger partial charge in [0.15, 0.2) is 0 Å². The third-order valence-electron chi connectivity index (χ3n) is 1.63. The van der Waals surface area contributed by atoms with E-state index in [9.17, 15) is 4.39 Å². The van der Waals surface area contributed by atoms with E-state index in [0.29, 0.717) is 11.5 Å². The molecule has 0 atom stereocenters. The highest BCUT2D eigenvalue weighted by atomic mass is 19.1. The molecule has 0 spiro atoms. The zero-order chi connectivity index (χ0) is 9.26. The summed E-state index contributed by atoms with van der Waals surface area (Å²) in [4.78, 5) is 0. The molecule has 66 valence electrons. The third-order valence-corrected chi connectivity index (χ3v) is 1.63. The molecule has 0 bridgehead atoms. The average molecular weight is 178 g/mol. The molecule has 0 fully saturated rings. The maximum atomic E-state index is 13.2. The SMILES string of the molecule is Cc1nnc(-c2ccccc2F)o1. The van der Waals surface area contributed by atoms with E-state index in [-0.39, 0.29) is 11.7 Å². The molecule has 0 aliphatic rings. The number of benzene rings is 1. The largest absolute Gasteiger partial charge is 0.421 e. The van der Waals surface area contributed by atoms with Crippen LogP contribution in [0, 0.1) is 12.7 Å². The monoisotopic (exact) mass is 178 g/mol. The van der Waals surface area contributed by atoms with Crippen molar-refractivity contribution in [3.8, 4) is 11.5 Å². The van der Waals surface area contributed by atoms with Gasteiger partial charge < -0.3 is 4.42 Å². The summed E-state index contributed by atoms with van der Waals surface area (Å²) in [5.74, 6) is 0.292. The Kier molecular flexibility index (Phi) is 1.81. The molecule has 0 saturated heterocycles. The molecule has 0 unspecified atom stereocenters. The Bertz CT molecular complexity index is 425. The summed E-state index contributed by atoms with van der Waals surface area (Å²) in [5.41, 5.74) is 0.336. The van der Waals surface area contributed by atoms with Crippen LogP contribution >= 0.6 is 0 Å². The zero-order valence-corrected chi connectivity index (χ0v) is 6.99. The first-order valence-electron chi connectivity index (χ1n) is 3.82. The van der Waals surface area contributed by atoms with Crippen molar-refractivity contribution in [3.05, 3.63) is 36.0 Å². The minimum absolute atomic E-state index is 0.218. The molecule has 2 rings (SSSR count). The highest BCUT2D eigenvalue weighted by Gasteiger charge is 2.09. The first-order chi connectivity index (χ1) is 6.27. The van der Waals surface area contributed by atoms with Crippen molar-refractivity contribution in [2.24, 2.45) is 0 Å². The van der Waals surface area contributed by atoms with Gasteiger partial charge in [0.1, 0.15) is 5.82 Å². The highest BCUT2D eigenvalue weighted by molar-refractivity contribution is 5.52. The average Bonchev–Trinajstić information content (AvgIpc) is 2.53. The van der Waals surface area contributed by atoms with Crippen molar-refractivity contribution in [1.29, 1.82) is 0 Å². The van der Waals surface area contributed by atoms with Crippen LogP contribution < -0.4 is 0 Å². The molecular weight excluding hydrogens is 171 g/mol. The van der Waals surface area contributed by atoms with E-state index in [2.05, 4.69) is 10.2 Å². The van der Waals surface area contributed by atoms with Gasteiger partial charge in [-0.25, -0.2) is 4.39 Å². The third kappa shape index (κ3) is 1.42. The molecule has 0 aliphatic carbocycles. The second-order valence-electron chi connectivity index (χ2n) is 2.61.